The summed E-state index contributed by atoms with van der Waals surface area (Å²) in [5.74, 6) is 1.22. The minimum atomic E-state index is 0.173. The van der Waals surface area contributed by atoms with Gasteiger partial charge in [-0.05, 0) is 0 Å². The fourth-order valence-electron chi connectivity index (χ4n) is 1.13. The summed E-state index contributed by atoms with van der Waals surface area (Å²) in [5, 5.41) is 3.06. The molecule has 0 spiro atoms. The van der Waals surface area contributed by atoms with Crippen molar-refractivity contribution in [2.45, 2.75) is 0 Å². The lowest BCUT2D eigenvalue weighted by Gasteiger charge is -2.08. The maximum Gasteiger partial charge on any atom is 0.225 e. The normalized spacial score (nSPS) is 10.2. The molecule has 96 valence electrons. The van der Waals surface area contributed by atoms with Crippen molar-refractivity contribution in [3.05, 3.63) is 6.07 Å². The predicted molar refractivity (Wildman–Crippen MR) is 64.2 cm³/mol. The lowest BCUT2D eigenvalue weighted by molar-refractivity contribution is 0.0759. The molecule has 0 aromatic carbocycles. The first kappa shape index (κ1) is 13.5. The Hall–Kier alpha value is -1.60. The second-order valence-corrected chi connectivity index (χ2v) is 3.19. The highest BCUT2D eigenvalue weighted by Crippen LogP contribution is 2.13. The van der Waals surface area contributed by atoms with Crippen molar-refractivity contribution in [3.8, 4) is 5.88 Å². The lowest BCUT2D eigenvalue weighted by atomic mass is 10.5. The molecule has 0 amide bonds. The third kappa shape index (κ3) is 5.32. The summed E-state index contributed by atoms with van der Waals surface area (Å²) >= 11 is 0. The summed E-state index contributed by atoms with van der Waals surface area (Å²) in [6, 6.07) is 1.67. The highest BCUT2D eigenvalue weighted by molar-refractivity contribution is 5.42. The van der Waals surface area contributed by atoms with Gasteiger partial charge in [0.05, 0.1) is 26.9 Å². The van der Waals surface area contributed by atoms with Gasteiger partial charge in [0.25, 0.3) is 0 Å². The number of nitrogens with two attached hydrogens (primary N) is 1. The van der Waals surface area contributed by atoms with E-state index in [9.17, 15) is 0 Å². The summed E-state index contributed by atoms with van der Waals surface area (Å²) in [6.07, 6.45) is 0. The number of nitrogen functional groups attached to an aromatic ring is 1. The highest BCUT2D eigenvalue weighted by Gasteiger charge is 2.01. The summed E-state index contributed by atoms with van der Waals surface area (Å²) in [5.41, 5.74) is 5.51. The van der Waals surface area contributed by atoms with E-state index in [0.29, 0.717) is 38.1 Å². The summed E-state index contributed by atoms with van der Waals surface area (Å²) in [4.78, 5) is 7.89. The Morgan fingerprint density at radius 3 is 2.76 bits per heavy atom. The van der Waals surface area contributed by atoms with Gasteiger partial charge in [-0.25, -0.2) is 0 Å². The molecule has 0 fully saturated rings. The Labute approximate surface area is 100 Å². The average Bonchev–Trinajstić information content (AvgIpc) is 2.33. The number of nitrogens with zero attached hydrogens (tertiary/aromatic N) is 2. The second-order valence-electron chi connectivity index (χ2n) is 3.19. The molecule has 0 saturated heterocycles. The van der Waals surface area contributed by atoms with Gasteiger partial charge in [0.2, 0.25) is 11.8 Å². The zero-order valence-corrected chi connectivity index (χ0v) is 10.1. The summed E-state index contributed by atoms with van der Waals surface area (Å²) in [7, 11) is 3.16. The Kier molecular flexibility index (Phi) is 6.05. The van der Waals surface area contributed by atoms with E-state index in [1.165, 1.54) is 7.11 Å². The molecule has 1 aromatic rings. The smallest absolute Gasteiger partial charge is 0.225 e. The Morgan fingerprint density at radius 1 is 1.24 bits per heavy atom. The van der Waals surface area contributed by atoms with Crippen LogP contribution in [0.5, 0.6) is 5.88 Å². The fourth-order valence-corrected chi connectivity index (χ4v) is 1.13. The molecule has 0 aliphatic heterocycles. The first-order chi connectivity index (χ1) is 8.26. The Bertz CT molecular complexity index is 335. The van der Waals surface area contributed by atoms with Crippen molar-refractivity contribution in [2.24, 2.45) is 0 Å². The number of hydrogen-bond acceptors (Lipinski definition) is 7. The highest BCUT2D eigenvalue weighted by atomic mass is 16.5. The SMILES string of the molecule is COCCOCCNc1cc(OC)nc(N)n1. The van der Waals surface area contributed by atoms with Gasteiger partial charge in [0, 0.05) is 19.7 Å². The molecule has 0 atom stereocenters. The van der Waals surface area contributed by atoms with E-state index in [1.54, 1.807) is 13.2 Å². The van der Waals surface area contributed by atoms with Gasteiger partial charge >= 0.3 is 0 Å². The maximum atomic E-state index is 5.51. The quantitative estimate of drug-likeness (QED) is 0.626. The molecule has 0 bridgehead atoms. The molecule has 1 aromatic heterocycles. The van der Waals surface area contributed by atoms with Crippen molar-refractivity contribution in [3.63, 3.8) is 0 Å². The number of aromatic nitrogens is 2. The van der Waals surface area contributed by atoms with E-state index in [4.69, 9.17) is 19.9 Å². The summed E-state index contributed by atoms with van der Waals surface area (Å²) in [6.45, 7) is 2.36. The topological polar surface area (TPSA) is 91.5 Å². The molecular weight excluding hydrogens is 224 g/mol. The molecule has 0 aliphatic rings. The Morgan fingerprint density at radius 2 is 2.06 bits per heavy atom. The van der Waals surface area contributed by atoms with Crippen LogP contribution >= 0.6 is 0 Å². The van der Waals surface area contributed by atoms with Gasteiger partial charge in [-0.3, -0.25) is 0 Å². The number of anilines is 2. The predicted octanol–water partition coefficient (Wildman–Crippen LogP) is 0.142. The average molecular weight is 242 g/mol. The van der Waals surface area contributed by atoms with Crippen molar-refractivity contribution < 1.29 is 14.2 Å². The number of nitrogens with one attached hydrogen (secondary N) is 1. The molecule has 7 nitrogen and oxygen atoms in total. The summed E-state index contributed by atoms with van der Waals surface area (Å²) < 4.78 is 15.1. The molecule has 0 saturated carbocycles. The van der Waals surface area contributed by atoms with Crippen molar-refractivity contribution in [1.29, 1.82) is 0 Å². The van der Waals surface area contributed by atoms with Gasteiger partial charge < -0.3 is 25.3 Å². The minimum Gasteiger partial charge on any atom is -0.481 e. The second kappa shape index (κ2) is 7.64. The van der Waals surface area contributed by atoms with Crippen LogP contribution in [0.4, 0.5) is 11.8 Å². The van der Waals surface area contributed by atoms with Gasteiger partial charge in [-0.2, -0.15) is 9.97 Å². The lowest BCUT2D eigenvalue weighted by Crippen LogP contribution is -2.13. The van der Waals surface area contributed by atoms with E-state index in [2.05, 4.69) is 15.3 Å². The van der Waals surface area contributed by atoms with E-state index in [1.807, 2.05) is 0 Å². The van der Waals surface area contributed by atoms with Crippen LogP contribution in [0.1, 0.15) is 0 Å². The van der Waals surface area contributed by atoms with Crippen molar-refractivity contribution in [2.75, 3.05) is 51.6 Å². The minimum absolute atomic E-state index is 0.173. The zero-order valence-electron chi connectivity index (χ0n) is 10.1. The monoisotopic (exact) mass is 242 g/mol. The van der Waals surface area contributed by atoms with Crippen molar-refractivity contribution in [1.82, 2.24) is 9.97 Å². The van der Waals surface area contributed by atoms with Gasteiger partial charge in [-0.1, -0.05) is 0 Å². The standard InChI is InChI=1S/C10H18N4O3/c1-15-5-6-17-4-3-12-8-7-9(16-2)14-10(11)13-8/h7H,3-6H2,1-2H3,(H3,11,12,13,14). The number of methoxy groups -OCH3 is 2. The van der Waals surface area contributed by atoms with E-state index in [-0.39, 0.29) is 5.95 Å². The molecule has 0 aliphatic carbocycles. The van der Waals surface area contributed by atoms with Gasteiger partial charge in [0.1, 0.15) is 5.82 Å². The van der Waals surface area contributed by atoms with Crippen LogP contribution in [0.15, 0.2) is 6.07 Å². The van der Waals surface area contributed by atoms with Gasteiger partial charge in [-0.15, -0.1) is 0 Å². The molecule has 17 heavy (non-hydrogen) atoms. The van der Waals surface area contributed by atoms with Crippen LogP contribution in [0.3, 0.4) is 0 Å². The molecule has 0 radical (unpaired) electrons. The van der Waals surface area contributed by atoms with E-state index < -0.39 is 0 Å². The van der Waals surface area contributed by atoms with Crippen LogP contribution < -0.4 is 15.8 Å². The maximum absolute atomic E-state index is 5.51. The number of rotatable bonds is 8. The van der Waals surface area contributed by atoms with Crippen LogP contribution in [-0.2, 0) is 9.47 Å². The largest absolute Gasteiger partial charge is 0.481 e. The molecule has 3 N–H and O–H groups in total. The van der Waals surface area contributed by atoms with Crippen LogP contribution in [0.2, 0.25) is 0 Å². The molecular formula is C10H18N4O3. The number of hydrogen-bond donors (Lipinski definition) is 2. The third-order valence-electron chi connectivity index (χ3n) is 1.91. The first-order valence-corrected chi connectivity index (χ1v) is 5.25. The third-order valence-corrected chi connectivity index (χ3v) is 1.91. The molecule has 7 heteroatoms. The van der Waals surface area contributed by atoms with Gasteiger partial charge in [0.15, 0.2) is 0 Å². The van der Waals surface area contributed by atoms with Crippen LogP contribution in [0, 0.1) is 0 Å². The first-order valence-electron chi connectivity index (χ1n) is 5.25. The van der Waals surface area contributed by atoms with Crippen LogP contribution in [0.25, 0.3) is 0 Å². The van der Waals surface area contributed by atoms with E-state index in [0.717, 1.165) is 0 Å². The Balaban J connectivity index is 2.28. The fraction of sp³-hybridized carbons (Fsp3) is 0.600. The molecule has 1 heterocycles. The van der Waals surface area contributed by atoms with Crippen molar-refractivity contribution >= 4 is 11.8 Å². The van der Waals surface area contributed by atoms with E-state index >= 15 is 0 Å². The van der Waals surface area contributed by atoms with Crippen LogP contribution in [-0.4, -0.2) is 50.6 Å². The molecule has 0 unspecified atom stereocenters. The number of ether oxygens (including phenoxy) is 3. The molecule has 1 rings (SSSR count). The zero-order chi connectivity index (χ0) is 12.5.